The number of ether oxygens (including phenoxy) is 1. The van der Waals surface area contributed by atoms with Crippen molar-refractivity contribution in [2.45, 2.75) is 38.8 Å². The van der Waals surface area contributed by atoms with Crippen molar-refractivity contribution >= 4 is 40.3 Å². The van der Waals surface area contributed by atoms with Gasteiger partial charge in [-0.1, -0.05) is 42.0 Å². The molecule has 0 spiro atoms. The van der Waals surface area contributed by atoms with E-state index in [4.69, 9.17) is 37.7 Å². The van der Waals surface area contributed by atoms with Crippen LogP contribution in [0.5, 0.6) is 0 Å². The first-order chi connectivity index (χ1) is 18.6. The molecule has 1 amide bonds. The molecule has 10 nitrogen and oxygen atoms in total. The number of fused-ring (bicyclic) bond motifs is 1. The number of aromatic nitrogens is 1. The third-order valence-corrected chi connectivity index (χ3v) is 5.54. The molecule has 0 aliphatic heterocycles. The Hall–Kier alpha value is -4.17. The molecule has 1 unspecified atom stereocenters. The number of carboxylic acid groups (broad SMARTS) is 1. The molecular formula is C28H31ClN4O6. The summed E-state index contributed by atoms with van der Waals surface area (Å²) >= 11 is 5.87. The number of pyridine rings is 1. The lowest BCUT2D eigenvalue weighted by Gasteiger charge is -2.09. The summed E-state index contributed by atoms with van der Waals surface area (Å²) in [4.78, 5) is 49.4. The molecule has 206 valence electrons. The highest BCUT2D eigenvalue weighted by molar-refractivity contribution is 6.30. The number of hydrogen-bond donors (Lipinski definition) is 5. The molecule has 3 rings (SSSR count). The number of amides is 1. The largest absolute Gasteiger partial charge is 0.481 e. The van der Waals surface area contributed by atoms with Crippen molar-refractivity contribution in [2.24, 2.45) is 11.5 Å². The van der Waals surface area contributed by atoms with E-state index in [1.165, 1.54) is 6.20 Å². The van der Waals surface area contributed by atoms with Gasteiger partial charge in [-0.05, 0) is 55.3 Å². The first kappa shape index (κ1) is 31.1. The summed E-state index contributed by atoms with van der Waals surface area (Å²) in [6.07, 6.45) is 3.45. The van der Waals surface area contributed by atoms with Crippen LogP contribution in [-0.2, 0) is 20.9 Å². The average molecular weight is 555 g/mol. The number of carbonyl (C=O) groups is 3. The molecule has 0 bridgehead atoms. The van der Waals surface area contributed by atoms with Crippen molar-refractivity contribution in [3.05, 3.63) is 80.6 Å². The zero-order valence-electron chi connectivity index (χ0n) is 21.5. The van der Waals surface area contributed by atoms with E-state index in [9.17, 15) is 14.4 Å². The minimum absolute atomic E-state index is 0.00544. The molecule has 0 saturated carbocycles. The van der Waals surface area contributed by atoms with Crippen molar-refractivity contribution in [3.63, 3.8) is 0 Å². The minimum Gasteiger partial charge on any atom is -0.481 e. The van der Waals surface area contributed by atoms with Gasteiger partial charge in [-0.2, -0.15) is 0 Å². The smallest absolute Gasteiger partial charge is 0.323 e. The third kappa shape index (κ3) is 10.6. The van der Waals surface area contributed by atoms with Gasteiger partial charge in [0.1, 0.15) is 11.6 Å². The number of hydrogen-bond acceptors (Lipinski definition) is 7. The van der Waals surface area contributed by atoms with E-state index in [1.54, 1.807) is 42.5 Å². The van der Waals surface area contributed by atoms with Crippen molar-refractivity contribution in [3.8, 4) is 11.8 Å². The highest BCUT2D eigenvalue weighted by Crippen LogP contribution is 2.12. The molecule has 0 aliphatic rings. The molecular weight excluding hydrogens is 524 g/mol. The van der Waals surface area contributed by atoms with E-state index >= 15 is 0 Å². The quantitative estimate of drug-likeness (QED) is 0.152. The molecule has 3 aromatic rings. The molecule has 2 aromatic carbocycles. The lowest BCUT2D eigenvalue weighted by atomic mass is 10.1. The van der Waals surface area contributed by atoms with Gasteiger partial charge in [0.25, 0.3) is 11.9 Å². The van der Waals surface area contributed by atoms with Crippen LogP contribution >= 0.6 is 11.6 Å². The van der Waals surface area contributed by atoms with E-state index in [1.807, 2.05) is 0 Å². The van der Waals surface area contributed by atoms with Gasteiger partial charge in [0.15, 0.2) is 6.61 Å². The number of H-pyrrole nitrogens is 1. The fourth-order valence-electron chi connectivity index (χ4n) is 3.32. The molecule has 0 aliphatic carbocycles. The number of carboxylic acids is 1. The summed E-state index contributed by atoms with van der Waals surface area (Å²) < 4.78 is 5.09. The molecule has 7 N–H and O–H groups in total. The maximum atomic E-state index is 12.9. The Morgan fingerprint density at radius 2 is 1.85 bits per heavy atom. The van der Waals surface area contributed by atoms with E-state index in [-0.39, 0.29) is 18.7 Å². The van der Waals surface area contributed by atoms with Crippen LogP contribution < -0.4 is 22.2 Å². The number of aliphatic carboxylic acids is 1. The Bertz CT molecular complexity index is 1410. The number of halogens is 1. The van der Waals surface area contributed by atoms with Gasteiger partial charge in [-0.25, -0.2) is 0 Å². The Morgan fingerprint density at radius 1 is 1.15 bits per heavy atom. The number of aromatic amines is 1. The van der Waals surface area contributed by atoms with Crippen molar-refractivity contribution in [1.29, 1.82) is 0 Å². The molecule has 11 heteroatoms. The molecule has 39 heavy (non-hydrogen) atoms. The Morgan fingerprint density at radius 3 is 2.51 bits per heavy atom. The number of esters is 1. The van der Waals surface area contributed by atoms with Crippen molar-refractivity contribution < 1.29 is 24.2 Å². The van der Waals surface area contributed by atoms with Crippen LogP contribution in [0, 0.1) is 11.8 Å². The lowest BCUT2D eigenvalue weighted by molar-refractivity contribution is -0.144. The molecule has 1 aromatic heterocycles. The van der Waals surface area contributed by atoms with E-state index in [0.29, 0.717) is 34.5 Å². The number of nitrogens with one attached hydrogen (secondary N) is 2. The van der Waals surface area contributed by atoms with Crippen LogP contribution in [0.1, 0.15) is 47.7 Å². The van der Waals surface area contributed by atoms with Crippen LogP contribution in [0.4, 0.5) is 0 Å². The maximum Gasteiger partial charge on any atom is 0.323 e. The SMILES string of the molecule is CC(=O)O.NCCCCC(N)C(=O)OCC#Cc1ccc2[nH]cc(C(=O)NCc3ccc(Cl)cc3)c(=O)c2c1. The van der Waals surface area contributed by atoms with Gasteiger partial charge in [-0.3, -0.25) is 19.2 Å². The van der Waals surface area contributed by atoms with Gasteiger partial charge >= 0.3 is 5.97 Å². The second-order valence-corrected chi connectivity index (χ2v) is 8.86. The topological polar surface area (TPSA) is 178 Å². The van der Waals surface area contributed by atoms with Gasteiger partial charge in [0, 0.05) is 41.2 Å². The number of carbonyl (C=O) groups excluding carboxylic acids is 2. The molecule has 1 heterocycles. The normalized spacial score (nSPS) is 10.9. The first-order valence-electron chi connectivity index (χ1n) is 12.1. The van der Waals surface area contributed by atoms with Gasteiger partial charge < -0.3 is 31.6 Å². The minimum atomic E-state index is -0.833. The van der Waals surface area contributed by atoms with E-state index in [0.717, 1.165) is 25.3 Å². The summed E-state index contributed by atoms with van der Waals surface area (Å²) in [7, 11) is 0. The predicted molar refractivity (Wildman–Crippen MR) is 149 cm³/mol. The van der Waals surface area contributed by atoms with Crippen LogP contribution in [0.25, 0.3) is 10.9 Å². The summed E-state index contributed by atoms with van der Waals surface area (Å²) in [5.74, 6) is 3.77. The van der Waals surface area contributed by atoms with Gasteiger partial charge in [-0.15, -0.1) is 0 Å². The third-order valence-electron chi connectivity index (χ3n) is 5.28. The molecule has 0 saturated heterocycles. The Kier molecular flexibility index (Phi) is 12.7. The van der Waals surface area contributed by atoms with Gasteiger partial charge in [0.2, 0.25) is 5.43 Å². The maximum absolute atomic E-state index is 12.9. The summed E-state index contributed by atoms with van der Waals surface area (Å²) in [6, 6.07) is 11.4. The standard InChI is InChI=1S/C26H27ClN4O4.C2H4O2/c27-19-9-6-18(7-10-19)15-31-25(33)21-16-30-23-11-8-17(14-20(23)24(21)32)4-3-13-35-26(34)22(29)5-1-2-12-28;1-2(3)4/h6-11,14,16,22H,1-2,5,12-13,15,28-29H2,(H,30,32)(H,31,33);1H3,(H,3,4). The van der Waals surface area contributed by atoms with Crippen LogP contribution in [-0.4, -0.2) is 47.1 Å². The molecule has 0 radical (unpaired) electrons. The zero-order valence-corrected chi connectivity index (χ0v) is 22.2. The summed E-state index contributed by atoms with van der Waals surface area (Å²) in [5, 5.41) is 11.1. The van der Waals surface area contributed by atoms with Crippen molar-refractivity contribution in [2.75, 3.05) is 13.2 Å². The average Bonchev–Trinajstić information content (AvgIpc) is 2.90. The monoisotopic (exact) mass is 554 g/mol. The fraction of sp³-hybridized carbons (Fsp3) is 0.286. The number of nitrogens with two attached hydrogens (primary N) is 2. The van der Waals surface area contributed by atoms with E-state index < -0.39 is 29.3 Å². The van der Waals surface area contributed by atoms with Crippen LogP contribution in [0.3, 0.4) is 0 Å². The highest BCUT2D eigenvalue weighted by atomic mass is 35.5. The van der Waals surface area contributed by atoms with Crippen molar-refractivity contribution in [1.82, 2.24) is 10.3 Å². The molecule has 1 atom stereocenters. The zero-order chi connectivity index (χ0) is 28.8. The van der Waals surface area contributed by atoms with E-state index in [2.05, 4.69) is 22.1 Å². The summed E-state index contributed by atoms with van der Waals surface area (Å²) in [5.41, 5.74) is 12.8. The number of unbranched alkanes of at least 4 members (excludes halogenated alkanes) is 1. The second-order valence-electron chi connectivity index (χ2n) is 8.42. The Labute approximate surface area is 230 Å². The number of benzene rings is 2. The first-order valence-corrected chi connectivity index (χ1v) is 12.5. The molecule has 0 fully saturated rings. The highest BCUT2D eigenvalue weighted by Gasteiger charge is 2.14. The fourth-order valence-corrected chi connectivity index (χ4v) is 3.45. The van der Waals surface area contributed by atoms with Crippen LogP contribution in [0.2, 0.25) is 5.02 Å². The van der Waals surface area contributed by atoms with Gasteiger partial charge in [0.05, 0.1) is 0 Å². The predicted octanol–water partition coefficient (Wildman–Crippen LogP) is 2.55. The van der Waals surface area contributed by atoms with Crippen LogP contribution in [0.15, 0.2) is 53.5 Å². The summed E-state index contributed by atoms with van der Waals surface area (Å²) in [6.45, 7) is 1.77. The number of rotatable bonds is 9. The lowest BCUT2D eigenvalue weighted by Crippen LogP contribution is -2.32. The Balaban J connectivity index is 0.00000124. The second kappa shape index (κ2) is 15.9.